The summed E-state index contributed by atoms with van der Waals surface area (Å²) in [6.07, 6.45) is 10.6. The van der Waals surface area contributed by atoms with Crippen LogP contribution in [0.3, 0.4) is 0 Å². The first kappa shape index (κ1) is 14.7. The van der Waals surface area contributed by atoms with Crippen LogP contribution in [0.25, 0.3) is 0 Å². The summed E-state index contributed by atoms with van der Waals surface area (Å²) in [5.41, 5.74) is 1.41. The van der Waals surface area contributed by atoms with Crippen LogP contribution in [0.4, 0.5) is 0 Å². The fourth-order valence-electron chi connectivity index (χ4n) is 3.42. The molecule has 2 saturated carbocycles. The van der Waals surface area contributed by atoms with Gasteiger partial charge in [0.1, 0.15) is 0 Å². The molecule has 0 spiro atoms. The maximum absolute atomic E-state index is 6.01. The molecule has 0 radical (unpaired) electrons. The Balaban J connectivity index is 1.67. The Bertz CT molecular complexity index is 435. The number of halogens is 1. The van der Waals surface area contributed by atoms with E-state index in [0.29, 0.717) is 10.8 Å². The molecule has 0 amide bonds. The van der Waals surface area contributed by atoms with Crippen molar-refractivity contribution >= 4 is 23.4 Å². The topological polar surface area (TPSA) is 12.0 Å². The summed E-state index contributed by atoms with van der Waals surface area (Å²) in [7, 11) is 0. The lowest BCUT2D eigenvalue weighted by atomic mass is 10.0. The van der Waals surface area contributed by atoms with Crippen molar-refractivity contribution < 1.29 is 0 Å². The molecule has 2 aliphatic rings. The average molecular weight is 310 g/mol. The minimum atomic E-state index is 0.486. The molecular formula is C17H24ClNS. The van der Waals surface area contributed by atoms with Gasteiger partial charge in [0.05, 0.1) is 0 Å². The molecule has 0 aromatic heterocycles. The minimum Gasteiger partial charge on any atom is -0.308 e. The summed E-state index contributed by atoms with van der Waals surface area (Å²) >= 11 is 8.08. The summed E-state index contributed by atoms with van der Waals surface area (Å²) in [6.45, 7) is 1.15. The van der Waals surface area contributed by atoms with Gasteiger partial charge in [-0.3, -0.25) is 0 Å². The van der Waals surface area contributed by atoms with Crippen molar-refractivity contribution in [1.82, 2.24) is 5.32 Å². The molecule has 1 N–H and O–H groups in total. The molecule has 110 valence electrons. The van der Waals surface area contributed by atoms with E-state index in [1.165, 1.54) is 44.1 Å². The van der Waals surface area contributed by atoms with E-state index in [4.69, 9.17) is 11.6 Å². The van der Waals surface area contributed by atoms with Crippen molar-refractivity contribution in [3.63, 3.8) is 0 Å². The minimum absolute atomic E-state index is 0.486. The van der Waals surface area contributed by atoms with Crippen LogP contribution in [0.2, 0.25) is 5.02 Å². The van der Waals surface area contributed by atoms with Crippen molar-refractivity contribution in [3.8, 4) is 0 Å². The van der Waals surface area contributed by atoms with Crippen molar-refractivity contribution in [3.05, 3.63) is 34.9 Å². The van der Waals surface area contributed by atoms with Crippen LogP contribution in [0, 0.1) is 5.92 Å². The van der Waals surface area contributed by atoms with Crippen LogP contribution in [0.5, 0.6) is 0 Å². The molecular weight excluding hydrogens is 286 g/mol. The molecule has 0 heterocycles. The van der Waals surface area contributed by atoms with E-state index < -0.39 is 0 Å². The fraction of sp³-hybridized carbons (Fsp3) is 0.647. The molecule has 3 heteroatoms. The number of thioether (sulfide) groups is 1. The summed E-state index contributed by atoms with van der Waals surface area (Å²) in [4.78, 5) is 0. The van der Waals surface area contributed by atoms with E-state index in [9.17, 15) is 0 Å². The van der Waals surface area contributed by atoms with Gasteiger partial charge in [0, 0.05) is 22.4 Å². The molecule has 0 aliphatic heterocycles. The van der Waals surface area contributed by atoms with E-state index in [1.54, 1.807) is 0 Å². The fourth-order valence-corrected chi connectivity index (χ4v) is 4.48. The molecule has 2 aliphatic carbocycles. The Hall–Kier alpha value is -0.180. The summed E-state index contributed by atoms with van der Waals surface area (Å²) in [5, 5.41) is 4.72. The van der Waals surface area contributed by atoms with Gasteiger partial charge in [0.25, 0.3) is 0 Å². The quantitative estimate of drug-likeness (QED) is 0.788. The number of hydrogen-bond acceptors (Lipinski definition) is 2. The monoisotopic (exact) mass is 309 g/mol. The van der Waals surface area contributed by atoms with Crippen molar-refractivity contribution in [1.29, 1.82) is 0 Å². The van der Waals surface area contributed by atoms with Crippen molar-refractivity contribution in [2.75, 3.05) is 12.8 Å². The smallest absolute Gasteiger partial charge is 0.0406 e. The predicted molar refractivity (Wildman–Crippen MR) is 89.6 cm³/mol. The molecule has 20 heavy (non-hydrogen) atoms. The second-order valence-electron chi connectivity index (χ2n) is 6.34. The van der Waals surface area contributed by atoms with Crippen molar-refractivity contribution in [2.24, 2.45) is 5.92 Å². The highest BCUT2D eigenvalue weighted by molar-refractivity contribution is 8.00. The predicted octanol–water partition coefficient (Wildman–Crippen LogP) is 5.06. The van der Waals surface area contributed by atoms with Crippen LogP contribution in [-0.2, 0) is 0 Å². The third kappa shape index (κ3) is 3.35. The van der Waals surface area contributed by atoms with Crippen LogP contribution in [0.15, 0.2) is 24.3 Å². The third-order valence-corrected chi connectivity index (χ3v) is 6.59. The first-order valence-electron chi connectivity index (χ1n) is 7.76. The molecule has 1 unspecified atom stereocenters. The summed E-state index contributed by atoms with van der Waals surface area (Å²) in [6, 6.07) is 8.95. The van der Waals surface area contributed by atoms with Crippen LogP contribution < -0.4 is 5.32 Å². The van der Waals surface area contributed by atoms with Gasteiger partial charge in [0.2, 0.25) is 0 Å². The van der Waals surface area contributed by atoms with Gasteiger partial charge in [-0.25, -0.2) is 0 Å². The number of benzene rings is 1. The molecule has 1 atom stereocenters. The van der Waals surface area contributed by atoms with E-state index in [-0.39, 0.29) is 0 Å². The second-order valence-corrected chi connectivity index (χ2v) is 8.05. The summed E-state index contributed by atoms with van der Waals surface area (Å²) in [5.74, 6) is 0.830. The third-order valence-electron chi connectivity index (χ3n) is 4.91. The van der Waals surface area contributed by atoms with Gasteiger partial charge in [-0.15, -0.1) is 0 Å². The Kier molecular flexibility index (Phi) is 4.64. The zero-order valence-electron chi connectivity index (χ0n) is 12.2. The van der Waals surface area contributed by atoms with Gasteiger partial charge < -0.3 is 5.32 Å². The molecule has 0 saturated heterocycles. The van der Waals surface area contributed by atoms with Crippen LogP contribution >= 0.6 is 23.4 Å². The first-order valence-corrected chi connectivity index (χ1v) is 9.37. The number of rotatable bonds is 6. The highest BCUT2D eigenvalue weighted by Crippen LogP contribution is 2.44. The van der Waals surface area contributed by atoms with Crippen molar-refractivity contribution in [2.45, 2.75) is 49.3 Å². The SMILES string of the molecule is CSC1(CNC(c2ccc(Cl)cc2)C2CC2)CCCC1. The van der Waals surface area contributed by atoms with E-state index in [0.717, 1.165) is 17.5 Å². The lowest BCUT2D eigenvalue weighted by molar-refractivity contribution is 0.435. The molecule has 2 fully saturated rings. The first-order chi connectivity index (χ1) is 9.72. The Labute approximate surface area is 131 Å². The van der Waals surface area contributed by atoms with Gasteiger partial charge in [-0.1, -0.05) is 36.6 Å². The average Bonchev–Trinajstić information content (AvgIpc) is 3.19. The lowest BCUT2D eigenvalue weighted by Crippen LogP contribution is -2.37. The molecule has 3 rings (SSSR count). The normalized spacial score (nSPS) is 22.9. The highest BCUT2D eigenvalue weighted by Gasteiger charge is 2.37. The second kappa shape index (κ2) is 6.29. The molecule has 1 nitrogen and oxygen atoms in total. The van der Waals surface area contributed by atoms with Gasteiger partial charge in [-0.05, 0) is 55.6 Å². The van der Waals surface area contributed by atoms with E-state index in [1.807, 2.05) is 12.1 Å². The summed E-state index contributed by atoms with van der Waals surface area (Å²) < 4.78 is 0.486. The molecule has 1 aromatic carbocycles. The highest BCUT2D eigenvalue weighted by atomic mass is 35.5. The van der Waals surface area contributed by atoms with Gasteiger partial charge >= 0.3 is 0 Å². The van der Waals surface area contributed by atoms with Crippen LogP contribution in [-0.4, -0.2) is 17.5 Å². The Morgan fingerprint density at radius 1 is 1.25 bits per heavy atom. The van der Waals surface area contributed by atoms with E-state index >= 15 is 0 Å². The lowest BCUT2D eigenvalue weighted by Gasteiger charge is -2.30. The zero-order chi connectivity index (χ0) is 14.0. The Morgan fingerprint density at radius 2 is 1.90 bits per heavy atom. The maximum atomic E-state index is 6.01. The maximum Gasteiger partial charge on any atom is 0.0406 e. The standard InChI is InChI=1S/C17H24ClNS/c1-20-17(10-2-3-11-17)12-19-16(13-4-5-13)14-6-8-15(18)9-7-14/h6-9,13,16,19H,2-5,10-12H2,1H3. The Morgan fingerprint density at radius 3 is 2.45 bits per heavy atom. The van der Waals surface area contributed by atoms with Crippen LogP contribution in [0.1, 0.15) is 50.1 Å². The van der Waals surface area contributed by atoms with E-state index in [2.05, 4.69) is 35.5 Å². The molecule has 0 bridgehead atoms. The number of nitrogens with one attached hydrogen (secondary N) is 1. The largest absolute Gasteiger partial charge is 0.308 e. The van der Waals surface area contributed by atoms with Gasteiger partial charge in [-0.2, -0.15) is 11.8 Å². The molecule has 1 aromatic rings. The van der Waals surface area contributed by atoms with Gasteiger partial charge in [0.15, 0.2) is 0 Å². The zero-order valence-corrected chi connectivity index (χ0v) is 13.8. The number of hydrogen-bond donors (Lipinski definition) is 1.